The monoisotopic (exact) mass is 727 g/mol. The maximum absolute atomic E-state index is 6.54. The van der Waals surface area contributed by atoms with Crippen molar-refractivity contribution in [2.24, 2.45) is 0 Å². The molecule has 0 aliphatic heterocycles. The van der Waals surface area contributed by atoms with Crippen molar-refractivity contribution >= 4 is 43.5 Å². The topological polar surface area (TPSA) is 51.8 Å². The Kier molecular flexibility index (Phi) is 7.78. The molecular formula is C53H33N3O. The molecule has 0 atom stereocenters. The molecule has 0 N–H and O–H groups in total. The SMILES string of the molecule is c1ccc(-c2ccc(-c3ccc(-c4nc(-c5ccc(-c6ccccc6)c6ccccc56)nc(-c5cccc6c5oc5ccccc56)n4)c4ccccc34)cc2)cc1. The molecule has 0 bridgehead atoms. The van der Waals surface area contributed by atoms with Crippen molar-refractivity contribution in [3.8, 4) is 67.5 Å². The Bertz CT molecular complexity index is 3280. The van der Waals surface area contributed by atoms with Crippen LogP contribution >= 0.6 is 0 Å². The third-order valence-corrected chi connectivity index (χ3v) is 11.0. The Balaban J connectivity index is 1.13. The molecule has 0 spiro atoms. The molecule has 0 amide bonds. The van der Waals surface area contributed by atoms with E-state index >= 15 is 0 Å². The van der Waals surface area contributed by atoms with E-state index in [1.807, 2.05) is 36.4 Å². The fraction of sp³-hybridized carbons (Fsp3) is 0. The quantitative estimate of drug-likeness (QED) is 0.171. The van der Waals surface area contributed by atoms with E-state index < -0.39 is 0 Å². The lowest BCUT2D eigenvalue weighted by Gasteiger charge is -2.15. The van der Waals surface area contributed by atoms with Crippen LogP contribution in [0.25, 0.3) is 111 Å². The number of aromatic nitrogens is 3. The highest BCUT2D eigenvalue weighted by molar-refractivity contribution is 6.10. The minimum absolute atomic E-state index is 0.556. The van der Waals surface area contributed by atoms with Gasteiger partial charge in [0, 0.05) is 21.9 Å². The summed E-state index contributed by atoms with van der Waals surface area (Å²) in [7, 11) is 0. The molecule has 0 saturated heterocycles. The number of benzene rings is 9. The smallest absolute Gasteiger partial charge is 0.167 e. The van der Waals surface area contributed by atoms with Crippen LogP contribution < -0.4 is 0 Å². The van der Waals surface area contributed by atoms with E-state index in [4.69, 9.17) is 19.4 Å². The van der Waals surface area contributed by atoms with Gasteiger partial charge < -0.3 is 4.42 Å². The van der Waals surface area contributed by atoms with E-state index in [2.05, 4.69) is 164 Å². The molecule has 0 aliphatic carbocycles. The molecule has 0 unspecified atom stereocenters. The second kappa shape index (κ2) is 13.6. The summed E-state index contributed by atoms with van der Waals surface area (Å²) >= 11 is 0. The van der Waals surface area contributed by atoms with Gasteiger partial charge in [-0.05, 0) is 79.2 Å². The predicted molar refractivity (Wildman–Crippen MR) is 235 cm³/mol. The lowest BCUT2D eigenvalue weighted by molar-refractivity contribution is 0.669. The van der Waals surface area contributed by atoms with E-state index in [0.717, 1.165) is 82.4 Å². The third kappa shape index (κ3) is 5.66. The zero-order valence-corrected chi connectivity index (χ0v) is 30.8. The molecule has 0 aliphatic rings. The normalized spacial score (nSPS) is 11.5. The maximum atomic E-state index is 6.54. The first-order valence-corrected chi connectivity index (χ1v) is 19.2. The summed E-state index contributed by atoms with van der Waals surface area (Å²) in [6.45, 7) is 0. The highest BCUT2D eigenvalue weighted by Crippen LogP contribution is 2.40. The Hall–Kier alpha value is -7.69. The number of rotatable bonds is 6. The van der Waals surface area contributed by atoms with Crippen LogP contribution in [-0.4, -0.2) is 15.0 Å². The Morgan fingerprint density at radius 2 is 0.632 bits per heavy atom. The summed E-state index contributed by atoms with van der Waals surface area (Å²) in [5.41, 5.74) is 11.3. The van der Waals surface area contributed by atoms with E-state index in [9.17, 15) is 0 Å². The van der Waals surface area contributed by atoms with Gasteiger partial charge in [-0.15, -0.1) is 0 Å². The summed E-state index contributed by atoms with van der Waals surface area (Å²) in [5, 5.41) is 6.49. The molecule has 11 aromatic rings. The second-order valence-electron chi connectivity index (χ2n) is 14.3. The van der Waals surface area contributed by atoms with Crippen molar-refractivity contribution < 1.29 is 4.42 Å². The molecule has 4 heteroatoms. The van der Waals surface area contributed by atoms with Gasteiger partial charge in [0.05, 0.1) is 5.56 Å². The standard InChI is InChI=1S/C53H33N3O/c1-3-14-34(15-4-1)35-26-28-37(29-27-35)39-31-33-47(43-21-10-8-19-41(39)43)52-54-51(46-32-30-38(36-16-5-2-6-17-36)40-18-7-9-20-42(40)46)55-53(56-52)48-24-13-23-45-44-22-11-12-25-49(44)57-50(45)48/h1-33H. The van der Waals surface area contributed by atoms with Crippen LogP contribution in [0, 0.1) is 0 Å². The van der Waals surface area contributed by atoms with E-state index in [1.165, 1.54) is 11.1 Å². The predicted octanol–water partition coefficient (Wildman–Crippen LogP) is 14.1. The Morgan fingerprint density at radius 1 is 0.246 bits per heavy atom. The van der Waals surface area contributed by atoms with Crippen molar-refractivity contribution in [2.75, 3.05) is 0 Å². The first kappa shape index (κ1) is 32.7. The van der Waals surface area contributed by atoms with Crippen molar-refractivity contribution in [2.45, 2.75) is 0 Å². The van der Waals surface area contributed by atoms with Gasteiger partial charge in [-0.2, -0.15) is 0 Å². The number of para-hydroxylation sites is 2. The summed E-state index contributed by atoms with van der Waals surface area (Å²) in [5.74, 6) is 1.76. The number of nitrogens with zero attached hydrogens (tertiary/aromatic N) is 3. The van der Waals surface area contributed by atoms with Gasteiger partial charge in [0.25, 0.3) is 0 Å². The van der Waals surface area contributed by atoms with Crippen molar-refractivity contribution in [1.29, 1.82) is 0 Å². The van der Waals surface area contributed by atoms with Crippen LogP contribution in [0.15, 0.2) is 205 Å². The lowest BCUT2D eigenvalue weighted by Crippen LogP contribution is -2.01. The number of furan rings is 1. The maximum Gasteiger partial charge on any atom is 0.167 e. The molecule has 2 aromatic heterocycles. The summed E-state index contributed by atoms with van der Waals surface area (Å²) in [4.78, 5) is 15.9. The highest BCUT2D eigenvalue weighted by atomic mass is 16.3. The van der Waals surface area contributed by atoms with Gasteiger partial charge in [-0.25, -0.2) is 15.0 Å². The van der Waals surface area contributed by atoms with Gasteiger partial charge in [-0.1, -0.05) is 176 Å². The molecule has 9 aromatic carbocycles. The highest BCUT2D eigenvalue weighted by Gasteiger charge is 2.21. The molecule has 57 heavy (non-hydrogen) atoms. The number of hydrogen-bond donors (Lipinski definition) is 0. The van der Waals surface area contributed by atoms with Crippen LogP contribution in [0.2, 0.25) is 0 Å². The van der Waals surface area contributed by atoms with Crippen LogP contribution in [0.3, 0.4) is 0 Å². The van der Waals surface area contributed by atoms with Crippen molar-refractivity contribution in [3.05, 3.63) is 200 Å². The van der Waals surface area contributed by atoms with Gasteiger partial charge in [0.1, 0.15) is 11.2 Å². The molecule has 266 valence electrons. The number of hydrogen-bond acceptors (Lipinski definition) is 4. The number of fused-ring (bicyclic) bond motifs is 5. The van der Waals surface area contributed by atoms with Crippen molar-refractivity contribution in [3.63, 3.8) is 0 Å². The summed E-state index contributed by atoms with van der Waals surface area (Å²) < 4.78 is 6.54. The zero-order valence-electron chi connectivity index (χ0n) is 30.8. The molecular weight excluding hydrogens is 695 g/mol. The van der Waals surface area contributed by atoms with E-state index in [1.54, 1.807) is 0 Å². The third-order valence-electron chi connectivity index (χ3n) is 11.0. The van der Waals surface area contributed by atoms with Gasteiger partial charge in [-0.3, -0.25) is 0 Å². The molecule has 0 saturated carbocycles. The largest absolute Gasteiger partial charge is 0.455 e. The first-order chi connectivity index (χ1) is 28.3. The van der Waals surface area contributed by atoms with Gasteiger partial charge in [0.15, 0.2) is 17.5 Å². The minimum atomic E-state index is 0.556. The zero-order chi connectivity index (χ0) is 37.7. The van der Waals surface area contributed by atoms with Crippen LogP contribution in [-0.2, 0) is 0 Å². The summed E-state index contributed by atoms with van der Waals surface area (Å²) in [6.07, 6.45) is 0. The van der Waals surface area contributed by atoms with Gasteiger partial charge in [0.2, 0.25) is 0 Å². The average molecular weight is 728 g/mol. The van der Waals surface area contributed by atoms with E-state index in [0.29, 0.717) is 17.5 Å². The molecule has 4 nitrogen and oxygen atoms in total. The molecule has 11 rings (SSSR count). The molecule has 0 radical (unpaired) electrons. The van der Waals surface area contributed by atoms with Crippen molar-refractivity contribution in [1.82, 2.24) is 15.0 Å². The van der Waals surface area contributed by atoms with Crippen LogP contribution in [0.5, 0.6) is 0 Å². The van der Waals surface area contributed by atoms with Crippen LogP contribution in [0.4, 0.5) is 0 Å². The van der Waals surface area contributed by atoms with Crippen LogP contribution in [0.1, 0.15) is 0 Å². The van der Waals surface area contributed by atoms with E-state index in [-0.39, 0.29) is 0 Å². The first-order valence-electron chi connectivity index (χ1n) is 19.2. The Labute approximate surface area is 329 Å². The Morgan fingerprint density at radius 3 is 1.21 bits per heavy atom. The molecule has 2 heterocycles. The fourth-order valence-corrected chi connectivity index (χ4v) is 8.24. The minimum Gasteiger partial charge on any atom is -0.455 e. The molecule has 0 fully saturated rings. The van der Waals surface area contributed by atoms with Gasteiger partial charge >= 0.3 is 0 Å². The fourth-order valence-electron chi connectivity index (χ4n) is 8.24. The second-order valence-corrected chi connectivity index (χ2v) is 14.3. The average Bonchev–Trinajstić information content (AvgIpc) is 3.68. The summed E-state index contributed by atoms with van der Waals surface area (Å²) in [6, 6.07) is 69.9. The lowest BCUT2D eigenvalue weighted by atomic mass is 9.93.